The number of hydrogen-bond acceptors (Lipinski definition) is 2. The van der Waals surface area contributed by atoms with Crippen LogP contribution in [0, 0.1) is 0 Å². The molecule has 16 heavy (non-hydrogen) atoms. The summed E-state index contributed by atoms with van der Waals surface area (Å²) in [5, 5.41) is -1.18. The van der Waals surface area contributed by atoms with Gasteiger partial charge < -0.3 is 0 Å². The van der Waals surface area contributed by atoms with Crippen molar-refractivity contribution in [2.24, 2.45) is 0 Å². The summed E-state index contributed by atoms with van der Waals surface area (Å²) in [4.78, 5) is 22.3. The van der Waals surface area contributed by atoms with Crippen molar-refractivity contribution in [3.63, 3.8) is 0 Å². The molecule has 1 aromatic rings. The van der Waals surface area contributed by atoms with Crippen molar-refractivity contribution >= 4 is 33.7 Å². The van der Waals surface area contributed by atoms with Crippen LogP contribution in [0.25, 0.3) is 0 Å². The van der Waals surface area contributed by atoms with E-state index in [0.717, 1.165) is 5.56 Å². The Morgan fingerprint density at radius 1 is 1.06 bits per heavy atom. The molecule has 0 atom stereocenters. The van der Waals surface area contributed by atoms with Crippen molar-refractivity contribution in [3.05, 3.63) is 34.9 Å². The van der Waals surface area contributed by atoms with Gasteiger partial charge in [-0.05, 0) is 46.3 Å². The summed E-state index contributed by atoms with van der Waals surface area (Å²) in [6, 6.07) is 4.75. The molecule has 2 nitrogen and oxygen atoms in total. The van der Waals surface area contributed by atoms with Crippen molar-refractivity contribution in [1.82, 2.24) is 0 Å². The molecule has 1 rings (SSSR count). The van der Waals surface area contributed by atoms with Crippen LogP contribution in [0.2, 0.25) is 0 Å². The van der Waals surface area contributed by atoms with Gasteiger partial charge in [0.15, 0.2) is 0 Å². The number of carbonyl (C=O) groups excluding carboxylic acids is 2. The van der Waals surface area contributed by atoms with Gasteiger partial charge in [0.1, 0.15) is 0 Å². The summed E-state index contributed by atoms with van der Waals surface area (Å²) in [6.45, 7) is 5.90. The summed E-state index contributed by atoms with van der Waals surface area (Å²) in [7, 11) is 0. The molecule has 0 bridgehead atoms. The van der Waals surface area contributed by atoms with E-state index >= 15 is 0 Å². The third-order valence-electron chi connectivity index (χ3n) is 2.27. The van der Waals surface area contributed by atoms with Crippen molar-refractivity contribution in [3.8, 4) is 0 Å². The molecule has 0 spiro atoms. The maximum absolute atomic E-state index is 11.3. The molecule has 0 aliphatic heterocycles. The van der Waals surface area contributed by atoms with E-state index in [1.54, 1.807) is 12.1 Å². The van der Waals surface area contributed by atoms with Gasteiger partial charge in [0.25, 0.3) is 10.5 Å². The Labute approximate surface area is 105 Å². The molecule has 0 saturated heterocycles. The van der Waals surface area contributed by atoms with Gasteiger partial charge in [0.05, 0.1) is 0 Å². The average Bonchev–Trinajstić information content (AvgIpc) is 2.15. The zero-order chi connectivity index (χ0) is 12.5. The molecule has 0 saturated carbocycles. The molecule has 0 aliphatic carbocycles. The highest BCUT2D eigenvalue weighted by molar-refractivity contribution is 6.69. The van der Waals surface area contributed by atoms with Crippen LogP contribution in [-0.2, 0) is 5.41 Å². The van der Waals surface area contributed by atoms with Gasteiger partial charge >= 0.3 is 0 Å². The second kappa shape index (κ2) is 4.56. The van der Waals surface area contributed by atoms with E-state index in [0.29, 0.717) is 5.56 Å². The monoisotopic (exact) mass is 258 g/mol. The lowest BCUT2D eigenvalue weighted by Crippen LogP contribution is -2.16. The lowest BCUT2D eigenvalue weighted by molar-refractivity contribution is 0.107. The fourth-order valence-electron chi connectivity index (χ4n) is 1.48. The summed E-state index contributed by atoms with van der Waals surface area (Å²) >= 11 is 10.9. The maximum atomic E-state index is 11.3. The summed E-state index contributed by atoms with van der Waals surface area (Å²) in [5.41, 5.74) is 1.20. The molecule has 0 heterocycles. The Hall–Kier alpha value is -0.860. The van der Waals surface area contributed by atoms with Gasteiger partial charge in [-0.15, -0.1) is 0 Å². The van der Waals surface area contributed by atoms with E-state index in [9.17, 15) is 9.59 Å². The zero-order valence-corrected chi connectivity index (χ0v) is 10.8. The quantitative estimate of drug-likeness (QED) is 0.758. The first-order valence-electron chi connectivity index (χ1n) is 4.77. The Bertz CT molecular complexity index is 445. The van der Waals surface area contributed by atoms with E-state index in [-0.39, 0.29) is 11.0 Å². The van der Waals surface area contributed by atoms with Crippen LogP contribution in [0.1, 0.15) is 47.1 Å². The molecule has 0 aromatic heterocycles. The number of benzene rings is 1. The topological polar surface area (TPSA) is 34.1 Å². The number of hydrogen-bond donors (Lipinski definition) is 0. The largest absolute Gasteiger partial charge is 0.276 e. The van der Waals surface area contributed by atoms with Crippen molar-refractivity contribution in [2.45, 2.75) is 26.2 Å². The van der Waals surface area contributed by atoms with Gasteiger partial charge in [-0.3, -0.25) is 9.59 Å². The van der Waals surface area contributed by atoms with Crippen LogP contribution < -0.4 is 0 Å². The molecular weight excluding hydrogens is 247 g/mol. The predicted octanol–water partition coefficient (Wildman–Crippen LogP) is 3.74. The minimum absolute atomic E-state index is 0.215. The average molecular weight is 259 g/mol. The van der Waals surface area contributed by atoms with Crippen LogP contribution in [0.5, 0.6) is 0 Å². The highest BCUT2D eigenvalue weighted by atomic mass is 35.5. The second-order valence-corrected chi connectivity index (χ2v) is 5.24. The highest BCUT2D eigenvalue weighted by Crippen LogP contribution is 2.28. The molecule has 0 aliphatic rings. The van der Waals surface area contributed by atoms with E-state index in [1.807, 2.05) is 20.8 Å². The SMILES string of the molecule is CC(C)(C)c1ccc(C(=O)Cl)cc1C(=O)Cl. The first-order valence-corrected chi connectivity index (χ1v) is 5.53. The highest BCUT2D eigenvalue weighted by Gasteiger charge is 2.21. The zero-order valence-electron chi connectivity index (χ0n) is 9.30. The van der Waals surface area contributed by atoms with Gasteiger partial charge in [0, 0.05) is 11.1 Å². The molecule has 86 valence electrons. The Balaban J connectivity index is 3.43. The van der Waals surface area contributed by atoms with Crippen LogP contribution in [0.15, 0.2) is 18.2 Å². The van der Waals surface area contributed by atoms with Crippen molar-refractivity contribution < 1.29 is 9.59 Å². The normalized spacial score (nSPS) is 11.3. The number of halogens is 2. The van der Waals surface area contributed by atoms with E-state index in [2.05, 4.69) is 0 Å². The standard InChI is InChI=1S/C12H12Cl2O2/c1-12(2,3)9-5-4-7(10(13)15)6-8(9)11(14)16/h4-6H,1-3H3. The number of rotatable bonds is 2. The van der Waals surface area contributed by atoms with E-state index in [4.69, 9.17) is 23.2 Å². The smallest absolute Gasteiger partial charge is 0.252 e. The van der Waals surface area contributed by atoms with Crippen LogP contribution in [0.3, 0.4) is 0 Å². The van der Waals surface area contributed by atoms with E-state index < -0.39 is 10.5 Å². The number of carbonyl (C=O) groups is 2. The lowest BCUT2D eigenvalue weighted by atomic mass is 9.83. The molecule has 0 fully saturated rings. The third-order valence-corrected chi connectivity index (χ3v) is 2.69. The third kappa shape index (κ3) is 2.83. The van der Waals surface area contributed by atoms with Gasteiger partial charge in [-0.2, -0.15) is 0 Å². The summed E-state index contributed by atoms with van der Waals surface area (Å²) in [5.74, 6) is 0. The summed E-state index contributed by atoms with van der Waals surface area (Å²) in [6.07, 6.45) is 0. The van der Waals surface area contributed by atoms with Crippen molar-refractivity contribution in [1.29, 1.82) is 0 Å². The van der Waals surface area contributed by atoms with Crippen LogP contribution in [-0.4, -0.2) is 10.5 Å². The second-order valence-electron chi connectivity index (χ2n) is 4.56. The first kappa shape index (κ1) is 13.2. The molecule has 4 heteroatoms. The Morgan fingerprint density at radius 3 is 2.00 bits per heavy atom. The Kier molecular flexibility index (Phi) is 3.76. The fourth-order valence-corrected chi connectivity index (χ4v) is 1.76. The van der Waals surface area contributed by atoms with Gasteiger partial charge in [-0.25, -0.2) is 0 Å². The van der Waals surface area contributed by atoms with Gasteiger partial charge in [0.2, 0.25) is 0 Å². The lowest BCUT2D eigenvalue weighted by Gasteiger charge is -2.21. The molecular formula is C12H12Cl2O2. The van der Waals surface area contributed by atoms with Gasteiger partial charge in [-0.1, -0.05) is 26.8 Å². The molecule has 0 amide bonds. The predicted molar refractivity (Wildman–Crippen MR) is 65.5 cm³/mol. The minimum atomic E-state index is -0.598. The van der Waals surface area contributed by atoms with Crippen LogP contribution >= 0.6 is 23.2 Å². The Morgan fingerprint density at radius 2 is 1.62 bits per heavy atom. The van der Waals surface area contributed by atoms with Crippen molar-refractivity contribution in [2.75, 3.05) is 0 Å². The molecule has 0 N–H and O–H groups in total. The minimum Gasteiger partial charge on any atom is -0.276 e. The van der Waals surface area contributed by atoms with Crippen LogP contribution in [0.4, 0.5) is 0 Å². The summed E-state index contributed by atoms with van der Waals surface area (Å²) < 4.78 is 0. The first-order chi connectivity index (χ1) is 7.23. The molecule has 1 aromatic carbocycles. The fraction of sp³-hybridized carbons (Fsp3) is 0.333. The maximum Gasteiger partial charge on any atom is 0.252 e. The van der Waals surface area contributed by atoms with E-state index in [1.165, 1.54) is 6.07 Å². The molecule has 0 unspecified atom stereocenters. The molecule has 0 radical (unpaired) electrons.